The van der Waals surface area contributed by atoms with Crippen LogP contribution in [0.2, 0.25) is 0 Å². The number of fused-ring (bicyclic) bond motifs is 1. The van der Waals surface area contributed by atoms with Crippen LogP contribution in [-0.2, 0) is 6.54 Å². The lowest BCUT2D eigenvalue weighted by Gasteiger charge is -2.21. The van der Waals surface area contributed by atoms with E-state index in [1.807, 2.05) is 0 Å². The number of carbonyl (C=O) groups is 1. The SMILES string of the molecule is C=CCn1c([O-])c(C(=O)NCC)c2ccccc2c1=O. The summed E-state index contributed by atoms with van der Waals surface area (Å²) in [6, 6.07) is 6.62. The highest BCUT2D eigenvalue weighted by molar-refractivity contribution is 6.08. The van der Waals surface area contributed by atoms with E-state index in [0.29, 0.717) is 17.3 Å². The van der Waals surface area contributed by atoms with Crippen molar-refractivity contribution in [3.05, 3.63) is 52.8 Å². The summed E-state index contributed by atoms with van der Waals surface area (Å²) in [6.07, 6.45) is 1.46. The van der Waals surface area contributed by atoms with Crippen molar-refractivity contribution < 1.29 is 9.90 Å². The molecule has 0 spiro atoms. The monoisotopic (exact) mass is 271 g/mol. The molecule has 2 aromatic rings. The fourth-order valence-corrected chi connectivity index (χ4v) is 2.14. The van der Waals surface area contributed by atoms with Gasteiger partial charge in [0.25, 0.3) is 11.5 Å². The molecule has 0 bridgehead atoms. The van der Waals surface area contributed by atoms with Gasteiger partial charge in [0.15, 0.2) is 0 Å². The average molecular weight is 271 g/mol. The van der Waals surface area contributed by atoms with E-state index in [2.05, 4.69) is 11.9 Å². The predicted octanol–water partition coefficient (Wildman–Crippen LogP) is 1.01. The van der Waals surface area contributed by atoms with Crippen molar-refractivity contribution in [3.8, 4) is 5.88 Å². The van der Waals surface area contributed by atoms with Crippen LogP contribution in [0.1, 0.15) is 17.3 Å². The largest absolute Gasteiger partial charge is 0.859 e. The minimum Gasteiger partial charge on any atom is -0.859 e. The summed E-state index contributed by atoms with van der Waals surface area (Å²) in [7, 11) is 0. The molecule has 1 aromatic carbocycles. The average Bonchev–Trinajstić information content (AvgIpc) is 2.44. The number of hydrogen-bond acceptors (Lipinski definition) is 3. The van der Waals surface area contributed by atoms with E-state index in [9.17, 15) is 14.7 Å². The summed E-state index contributed by atoms with van der Waals surface area (Å²) in [5, 5.41) is 15.7. The number of hydrogen-bond donors (Lipinski definition) is 1. The van der Waals surface area contributed by atoms with Crippen molar-refractivity contribution >= 4 is 16.7 Å². The van der Waals surface area contributed by atoms with Crippen molar-refractivity contribution in [2.24, 2.45) is 0 Å². The minimum absolute atomic E-state index is 0.00361. The Hall–Kier alpha value is -2.56. The summed E-state index contributed by atoms with van der Waals surface area (Å²) in [4.78, 5) is 24.4. The number of amides is 1. The third-order valence-corrected chi connectivity index (χ3v) is 3.01. The van der Waals surface area contributed by atoms with Crippen LogP contribution in [0.5, 0.6) is 5.88 Å². The van der Waals surface area contributed by atoms with Gasteiger partial charge in [0.2, 0.25) is 0 Å². The highest BCUT2D eigenvalue weighted by Gasteiger charge is 2.15. The van der Waals surface area contributed by atoms with Crippen LogP contribution in [0.4, 0.5) is 0 Å². The molecule has 5 nitrogen and oxygen atoms in total. The minimum atomic E-state index is -0.584. The maximum atomic E-state index is 12.4. The van der Waals surface area contributed by atoms with E-state index in [4.69, 9.17) is 0 Å². The molecule has 0 saturated carbocycles. The van der Waals surface area contributed by atoms with E-state index in [0.717, 1.165) is 4.57 Å². The van der Waals surface area contributed by atoms with Gasteiger partial charge in [0.05, 0.1) is 5.56 Å². The van der Waals surface area contributed by atoms with Gasteiger partial charge in [-0.25, -0.2) is 0 Å². The lowest BCUT2D eigenvalue weighted by Crippen LogP contribution is -2.30. The standard InChI is InChI=1S/C15H16N2O3/c1-3-9-17-14(19)11-8-6-5-7-10(11)12(15(17)20)13(18)16-4-2/h3,5-8,20H,1,4,9H2,2H3,(H,16,18)/p-1. The van der Waals surface area contributed by atoms with Gasteiger partial charge in [-0.15, -0.1) is 6.58 Å². The second kappa shape index (κ2) is 5.61. The van der Waals surface area contributed by atoms with Crippen molar-refractivity contribution in [1.29, 1.82) is 0 Å². The normalized spacial score (nSPS) is 10.4. The van der Waals surface area contributed by atoms with E-state index in [1.54, 1.807) is 31.2 Å². The van der Waals surface area contributed by atoms with Crippen molar-refractivity contribution in [2.75, 3.05) is 6.54 Å². The number of rotatable bonds is 4. The fourth-order valence-electron chi connectivity index (χ4n) is 2.14. The number of carbonyl (C=O) groups excluding carboxylic acids is 1. The van der Waals surface area contributed by atoms with Gasteiger partial charge in [0, 0.05) is 23.9 Å². The van der Waals surface area contributed by atoms with Crippen molar-refractivity contribution in [3.63, 3.8) is 0 Å². The first-order valence-electron chi connectivity index (χ1n) is 6.33. The van der Waals surface area contributed by atoms with Gasteiger partial charge >= 0.3 is 0 Å². The van der Waals surface area contributed by atoms with E-state index in [1.165, 1.54) is 6.08 Å². The Kier molecular flexibility index (Phi) is 3.89. The van der Waals surface area contributed by atoms with Gasteiger partial charge < -0.3 is 15.0 Å². The molecule has 0 saturated heterocycles. The summed E-state index contributed by atoms with van der Waals surface area (Å²) in [5.74, 6) is -1.05. The maximum absolute atomic E-state index is 12.4. The lowest BCUT2D eigenvalue weighted by atomic mass is 10.1. The summed E-state index contributed by atoms with van der Waals surface area (Å²) in [6.45, 7) is 5.79. The zero-order chi connectivity index (χ0) is 14.7. The second-order valence-corrected chi connectivity index (χ2v) is 4.29. The second-order valence-electron chi connectivity index (χ2n) is 4.29. The molecule has 1 heterocycles. The van der Waals surface area contributed by atoms with E-state index >= 15 is 0 Å². The van der Waals surface area contributed by atoms with Crippen LogP contribution in [0.25, 0.3) is 10.8 Å². The van der Waals surface area contributed by atoms with Gasteiger partial charge in [-0.05, 0) is 18.9 Å². The lowest BCUT2D eigenvalue weighted by molar-refractivity contribution is -0.279. The zero-order valence-electron chi connectivity index (χ0n) is 11.2. The quantitative estimate of drug-likeness (QED) is 0.843. The van der Waals surface area contributed by atoms with Crippen LogP contribution >= 0.6 is 0 Å². The Morgan fingerprint density at radius 1 is 1.40 bits per heavy atom. The zero-order valence-corrected chi connectivity index (χ0v) is 11.2. The molecule has 104 valence electrons. The molecule has 2 rings (SSSR count). The van der Waals surface area contributed by atoms with Gasteiger partial charge in [-0.1, -0.05) is 24.3 Å². The molecule has 1 aromatic heterocycles. The van der Waals surface area contributed by atoms with Crippen molar-refractivity contribution in [1.82, 2.24) is 9.88 Å². The Labute approximate surface area is 116 Å². The molecule has 0 unspecified atom stereocenters. The number of nitrogens with zero attached hydrogens (tertiary/aromatic N) is 1. The van der Waals surface area contributed by atoms with Crippen molar-refractivity contribution in [2.45, 2.75) is 13.5 Å². The molecule has 1 N–H and O–H groups in total. The Bertz CT molecular complexity index is 732. The summed E-state index contributed by atoms with van der Waals surface area (Å²) in [5.41, 5.74) is -0.401. The maximum Gasteiger partial charge on any atom is 0.258 e. The third kappa shape index (κ3) is 2.18. The van der Waals surface area contributed by atoms with E-state index < -0.39 is 17.3 Å². The Morgan fingerprint density at radius 2 is 2.05 bits per heavy atom. The van der Waals surface area contributed by atoms with Crippen LogP contribution in [-0.4, -0.2) is 17.0 Å². The highest BCUT2D eigenvalue weighted by atomic mass is 16.3. The third-order valence-electron chi connectivity index (χ3n) is 3.01. The molecule has 0 aliphatic heterocycles. The molecule has 5 heteroatoms. The Balaban J connectivity index is 2.87. The molecule has 0 aliphatic carbocycles. The molecule has 20 heavy (non-hydrogen) atoms. The summed E-state index contributed by atoms with van der Waals surface area (Å²) < 4.78 is 1.03. The van der Waals surface area contributed by atoms with Crippen LogP contribution < -0.4 is 16.0 Å². The molecule has 0 fully saturated rings. The van der Waals surface area contributed by atoms with Crippen LogP contribution in [0.15, 0.2) is 41.7 Å². The van der Waals surface area contributed by atoms with Gasteiger partial charge in [-0.2, -0.15) is 0 Å². The molecule has 0 atom stereocenters. The molecule has 1 amide bonds. The first-order chi connectivity index (χ1) is 9.61. The fraction of sp³-hybridized carbons (Fsp3) is 0.200. The molecular formula is C15H15N2O3-. The Morgan fingerprint density at radius 3 is 2.65 bits per heavy atom. The van der Waals surface area contributed by atoms with Crippen LogP contribution in [0, 0.1) is 0 Å². The number of allylic oxidation sites excluding steroid dienone is 1. The molecule has 0 radical (unpaired) electrons. The van der Waals surface area contributed by atoms with Gasteiger partial charge in [-0.3, -0.25) is 9.59 Å². The number of aromatic nitrogens is 1. The number of pyridine rings is 1. The highest BCUT2D eigenvalue weighted by Crippen LogP contribution is 2.22. The van der Waals surface area contributed by atoms with E-state index in [-0.39, 0.29) is 12.1 Å². The topological polar surface area (TPSA) is 74.2 Å². The molecular weight excluding hydrogens is 256 g/mol. The smallest absolute Gasteiger partial charge is 0.258 e. The summed E-state index contributed by atoms with van der Waals surface area (Å²) >= 11 is 0. The number of benzene rings is 1. The predicted molar refractivity (Wildman–Crippen MR) is 75.9 cm³/mol. The molecule has 0 aliphatic rings. The number of nitrogens with one attached hydrogen (secondary N) is 1. The van der Waals surface area contributed by atoms with Crippen LogP contribution in [0.3, 0.4) is 0 Å². The first kappa shape index (κ1) is 13.9. The van der Waals surface area contributed by atoms with Gasteiger partial charge in [0.1, 0.15) is 0 Å². The first-order valence-corrected chi connectivity index (χ1v) is 6.33.